The van der Waals surface area contributed by atoms with Gasteiger partial charge in [0.15, 0.2) is 17.3 Å². The molecule has 0 aliphatic heterocycles. The third-order valence-electron chi connectivity index (χ3n) is 4.98. The summed E-state index contributed by atoms with van der Waals surface area (Å²) in [5, 5.41) is 6.75. The summed E-state index contributed by atoms with van der Waals surface area (Å²) in [4.78, 5) is 29.3. The van der Waals surface area contributed by atoms with Crippen LogP contribution in [0.1, 0.15) is 32.2 Å². The molecule has 0 spiro atoms. The second-order valence-electron chi connectivity index (χ2n) is 7.26. The van der Waals surface area contributed by atoms with Crippen LogP contribution in [-0.2, 0) is 13.2 Å². The number of rotatable bonds is 6. The number of aromatic nitrogens is 4. The van der Waals surface area contributed by atoms with Gasteiger partial charge in [0, 0.05) is 30.7 Å². The lowest BCUT2D eigenvalue weighted by Crippen LogP contribution is -2.14. The maximum absolute atomic E-state index is 13.0. The maximum Gasteiger partial charge on any atom is 0.416 e. The molecule has 8 nitrogen and oxygen atoms in total. The number of methoxy groups -OCH3 is 1. The van der Waals surface area contributed by atoms with Crippen LogP contribution in [0.3, 0.4) is 0 Å². The Bertz CT molecular complexity index is 1360. The van der Waals surface area contributed by atoms with Crippen LogP contribution < -0.4 is 10.1 Å². The summed E-state index contributed by atoms with van der Waals surface area (Å²) >= 11 is 0. The average Bonchev–Trinajstić information content (AvgIpc) is 3.45. The minimum absolute atomic E-state index is 0.0801. The molecule has 4 aromatic rings. The molecule has 0 saturated carbocycles. The van der Waals surface area contributed by atoms with E-state index in [4.69, 9.17) is 4.74 Å². The summed E-state index contributed by atoms with van der Waals surface area (Å²) in [5.74, 6) is -0.546. The number of amides is 1. The molecule has 0 aliphatic rings. The van der Waals surface area contributed by atoms with Crippen molar-refractivity contribution >= 4 is 17.4 Å². The number of hydrogen-bond donors (Lipinski definition) is 1. The zero-order valence-electron chi connectivity index (χ0n) is 18.0. The lowest BCUT2D eigenvalue weighted by Gasteiger charge is -2.08. The monoisotopic (exact) mass is 469 g/mol. The summed E-state index contributed by atoms with van der Waals surface area (Å²) in [7, 11) is 3.03. The van der Waals surface area contributed by atoms with Crippen molar-refractivity contribution in [2.75, 3.05) is 12.4 Å². The molecule has 4 rings (SSSR count). The number of anilines is 1. The maximum atomic E-state index is 13.0. The molecule has 0 aliphatic carbocycles. The van der Waals surface area contributed by atoms with Crippen molar-refractivity contribution in [3.63, 3.8) is 0 Å². The highest BCUT2D eigenvalue weighted by Crippen LogP contribution is 2.31. The lowest BCUT2D eigenvalue weighted by atomic mass is 10.1. The van der Waals surface area contributed by atoms with Crippen LogP contribution in [0.4, 0.5) is 18.9 Å². The number of aryl methyl sites for hydroxylation is 1. The van der Waals surface area contributed by atoms with Gasteiger partial charge >= 0.3 is 6.18 Å². The van der Waals surface area contributed by atoms with Crippen LogP contribution in [-0.4, -0.2) is 38.1 Å². The summed E-state index contributed by atoms with van der Waals surface area (Å²) in [6.45, 7) is 0. The number of nitrogens with one attached hydrogen (secondary N) is 1. The second kappa shape index (κ2) is 8.85. The van der Waals surface area contributed by atoms with Gasteiger partial charge in [0.05, 0.1) is 24.6 Å². The number of alkyl halides is 3. The standard InChI is InChI=1S/C23H18F3N5O3/c1-30-11-10-27-21(30)20(32)14-6-8-16(9-7-14)28-22(33)19-18(34-2)13-31(29-19)17-5-3-4-15(12-17)23(24,25)26/h3-13H,1-2H3,(H,28,33). The quantitative estimate of drug-likeness (QED) is 0.429. The first-order valence-corrected chi connectivity index (χ1v) is 9.92. The van der Waals surface area contributed by atoms with Crippen LogP contribution in [0.2, 0.25) is 0 Å². The smallest absolute Gasteiger partial charge is 0.416 e. The molecule has 0 unspecified atom stereocenters. The van der Waals surface area contributed by atoms with E-state index in [0.717, 1.165) is 16.8 Å². The van der Waals surface area contributed by atoms with E-state index in [9.17, 15) is 22.8 Å². The van der Waals surface area contributed by atoms with Crippen molar-refractivity contribution in [3.8, 4) is 11.4 Å². The number of nitrogens with zero attached hydrogens (tertiary/aromatic N) is 4. The molecule has 1 N–H and O–H groups in total. The molecule has 0 fully saturated rings. The van der Waals surface area contributed by atoms with E-state index in [1.807, 2.05) is 0 Å². The number of carbonyl (C=O) groups excluding carboxylic acids is 2. The van der Waals surface area contributed by atoms with Gasteiger partial charge in [0.2, 0.25) is 5.78 Å². The van der Waals surface area contributed by atoms with Crippen LogP contribution in [0.5, 0.6) is 5.75 Å². The molecule has 34 heavy (non-hydrogen) atoms. The number of ketones is 1. The fraction of sp³-hybridized carbons (Fsp3) is 0.130. The van der Waals surface area contributed by atoms with Gasteiger partial charge in [-0.3, -0.25) is 9.59 Å². The van der Waals surface area contributed by atoms with Gasteiger partial charge in [-0.1, -0.05) is 6.07 Å². The Hall–Kier alpha value is -4.41. The van der Waals surface area contributed by atoms with Crippen molar-refractivity contribution < 1.29 is 27.5 Å². The van der Waals surface area contributed by atoms with E-state index in [1.165, 1.54) is 31.6 Å². The number of halogens is 3. The van der Waals surface area contributed by atoms with Gasteiger partial charge in [-0.2, -0.15) is 18.3 Å². The first kappa shape index (κ1) is 22.8. The van der Waals surface area contributed by atoms with E-state index >= 15 is 0 Å². The van der Waals surface area contributed by atoms with E-state index in [1.54, 1.807) is 42.1 Å². The topological polar surface area (TPSA) is 91.0 Å². The second-order valence-corrected chi connectivity index (χ2v) is 7.26. The molecule has 2 aromatic heterocycles. The Morgan fingerprint density at radius 2 is 1.82 bits per heavy atom. The van der Waals surface area contributed by atoms with Crippen molar-refractivity contribution in [2.24, 2.45) is 7.05 Å². The number of ether oxygens (including phenoxy) is 1. The van der Waals surface area contributed by atoms with Gasteiger partial charge in [0.1, 0.15) is 0 Å². The highest BCUT2D eigenvalue weighted by atomic mass is 19.4. The molecule has 2 aromatic carbocycles. The minimum Gasteiger partial charge on any atom is -0.493 e. The van der Waals surface area contributed by atoms with Gasteiger partial charge in [-0.25, -0.2) is 9.67 Å². The highest BCUT2D eigenvalue weighted by Gasteiger charge is 2.31. The van der Waals surface area contributed by atoms with Crippen molar-refractivity contribution in [3.05, 3.63) is 89.8 Å². The summed E-state index contributed by atoms with van der Waals surface area (Å²) in [6, 6.07) is 10.7. The molecule has 174 valence electrons. The fourth-order valence-corrected chi connectivity index (χ4v) is 3.23. The number of carbonyl (C=O) groups is 2. The largest absolute Gasteiger partial charge is 0.493 e. The molecule has 0 radical (unpaired) electrons. The zero-order valence-corrected chi connectivity index (χ0v) is 18.0. The average molecular weight is 469 g/mol. The minimum atomic E-state index is -4.52. The highest BCUT2D eigenvalue weighted by molar-refractivity contribution is 6.08. The Balaban J connectivity index is 1.54. The Morgan fingerprint density at radius 3 is 2.44 bits per heavy atom. The third kappa shape index (κ3) is 4.53. The summed E-state index contributed by atoms with van der Waals surface area (Å²) in [6.07, 6.45) is -0.0161. The van der Waals surface area contributed by atoms with Gasteiger partial charge < -0.3 is 14.6 Å². The van der Waals surface area contributed by atoms with E-state index < -0.39 is 17.6 Å². The van der Waals surface area contributed by atoms with E-state index in [0.29, 0.717) is 11.3 Å². The first-order chi connectivity index (χ1) is 16.2. The molecule has 0 atom stereocenters. The van der Waals surface area contributed by atoms with Gasteiger partial charge in [-0.15, -0.1) is 0 Å². The lowest BCUT2D eigenvalue weighted by molar-refractivity contribution is -0.137. The van der Waals surface area contributed by atoms with Crippen molar-refractivity contribution in [1.82, 2.24) is 19.3 Å². The Morgan fingerprint density at radius 1 is 1.09 bits per heavy atom. The molecule has 1 amide bonds. The fourth-order valence-electron chi connectivity index (χ4n) is 3.23. The van der Waals surface area contributed by atoms with Crippen LogP contribution in [0.15, 0.2) is 67.1 Å². The SMILES string of the molecule is COc1cn(-c2cccc(C(F)(F)F)c2)nc1C(=O)Nc1ccc(C(=O)c2nccn2C)cc1. The summed E-state index contributed by atoms with van der Waals surface area (Å²) in [5.41, 5.74) is -0.0705. The molecule has 0 bridgehead atoms. The van der Waals surface area contributed by atoms with E-state index in [-0.39, 0.29) is 28.7 Å². The third-order valence-corrected chi connectivity index (χ3v) is 4.98. The number of hydrogen-bond acceptors (Lipinski definition) is 5. The summed E-state index contributed by atoms with van der Waals surface area (Å²) < 4.78 is 47.0. The van der Waals surface area contributed by atoms with Crippen molar-refractivity contribution in [2.45, 2.75) is 6.18 Å². The molecule has 11 heteroatoms. The zero-order chi connectivity index (χ0) is 24.5. The van der Waals surface area contributed by atoms with Crippen LogP contribution >= 0.6 is 0 Å². The molecule has 0 saturated heterocycles. The van der Waals surface area contributed by atoms with Gasteiger partial charge in [-0.05, 0) is 42.5 Å². The van der Waals surface area contributed by atoms with E-state index in [2.05, 4.69) is 15.4 Å². The number of benzene rings is 2. The normalized spacial score (nSPS) is 11.3. The van der Waals surface area contributed by atoms with Crippen LogP contribution in [0, 0.1) is 0 Å². The Labute approximate surface area is 191 Å². The predicted molar refractivity (Wildman–Crippen MR) is 116 cm³/mol. The molecular weight excluding hydrogens is 451 g/mol. The Kier molecular flexibility index (Phi) is 5.93. The van der Waals surface area contributed by atoms with Crippen molar-refractivity contribution in [1.29, 1.82) is 0 Å². The first-order valence-electron chi connectivity index (χ1n) is 9.92. The van der Waals surface area contributed by atoms with Gasteiger partial charge in [0.25, 0.3) is 5.91 Å². The molecule has 2 heterocycles. The van der Waals surface area contributed by atoms with Crippen LogP contribution in [0.25, 0.3) is 5.69 Å². The number of imidazole rings is 1. The predicted octanol–water partition coefficient (Wildman–Crippen LogP) is 4.12. The molecular formula is C23H18F3N5O3.